The SMILES string of the molecule is Cc1cc(Cc2csc(-c3ccc(C(C)C)cc3)n2)c(C)cc1CC[N+](=O)[O-]. The summed E-state index contributed by atoms with van der Waals surface area (Å²) >= 11 is 1.67. The molecule has 1 aromatic heterocycles. The second kappa shape index (κ2) is 8.65. The number of nitro groups is 1. The van der Waals surface area contributed by atoms with E-state index in [9.17, 15) is 10.1 Å². The van der Waals surface area contributed by atoms with Gasteiger partial charge in [0.15, 0.2) is 0 Å². The normalized spacial score (nSPS) is 11.2. The van der Waals surface area contributed by atoms with Gasteiger partial charge < -0.3 is 0 Å². The van der Waals surface area contributed by atoms with Gasteiger partial charge in [0.25, 0.3) is 0 Å². The van der Waals surface area contributed by atoms with Gasteiger partial charge in [-0.2, -0.15) is 0 Å². The smallest absolute Gasteiger partial charge is 0.207 e. The first-order valence-corrected chi connectivity index (χ1v) is 10.5. The molecule has 0 aliphatic rings. The number of thiazole rings is 1. The third-order valence-electron chi connectivity index (χ3n) is 5.11. The molecule has 0 fully saturated rings. The van der Waals surface area contributed by atoms with E-state index in [1.165, 1.54) is 16.7 Å². The van der Waals surface area contributed by atoms with Crippen LogP contribution in [0.5, 0.6) is 0 Å². The van der Waals surface area contributed by atoms with Crippen molar-refractivity contribution in [1.82, 2.24) is 4.98 Å². The molecule has 0 radical (unpaired) electrons. The summed E-state index contributed by atoms with van der Waals surface area (Å²) in [6.45, 7) is 8.47. The van der Waals surface area contributed by atoms with Gasteiger partial charge in [-0.05, 0) is 47.6 Å². The Labute approximate surface area is 170 Å². The minimum Gasteiger partial charge on any atom is -0.265 e. The van der Waals surface area contributed by atoms with Crippen LogP contribution in [0.15, 0.2) is 41.8 Å². The topological polar surface area (TPSA) is 56.0 Å². The number of aromatic nitrogens is 1. The summed E-state index contributed by atoms with van der Waals surface area (Å²) in [5, 5.41) is 13.8. The Bertz CT molecular complexity index is 975. The van der Waals surface area contributed by atoms with E-state index in [1.54, 1.807) is 11.3 Å². The van der Waals surface area contributed by atoms with Crippen molar-refractivity contribution in [2.24, 2.45) is 0 Å². The Morgan fingerprint density at radius 2 is 1.71 bits per heavy atom. The number of aryl methyl sites for hydroxylation is 2. The number of rotatable bonds is 7. The van der Waals surface area contributed by atoms with E-state index in [0.29, 0.717) is 12.3 Å². The Morgan fingerprint density at radius 3 is 2.36 bits per heavy atom. The molecule has 0 aliphatic heterocycles. The first-order chi connectivity index (χ1) is 13.3. The Morgan fingerprint density at radius 1 is 1.07 bits per heavy atom. The molecule has 0 spiro atoms. The van der Waals surface area contributed by atoms with Gasteiger partial charge in [0, 0.05) is 28.7 Å². The van der Waals surface area contributed by atoms with E-state index < -0.39 is 0 Å². The van der Waals surface area contributed by atoms with Crippen molar-refractivity contribution in [3.05, 3.63) is 85.4 Å². The maximum absolute atomic E-state index is 10.6. The molecule has 146 valence electrons. The molecule has 2 aromatic carbocycles. The Kier molecular flexibility index (Phi) is 6.25. The molecule has 4 nitrogen and oxygen atoms in total. The van der Waals surface area contributed by atoms with Crippen LogP contribution in [0.25, 0.3) is 10.6 Å². The van der Waals surface area contributed by atoms with Crippen LogP contribution >= 0.6 is 11.3 Å². The minimum atomic E-state index is -0.257. The standard InChI is InChI=1S/C23H26N2O2S/c1-15(2)18-5-7-19(8-6-18)23-24-22(14-28-23)13-21-12-16(3)20(11-17(21)4)9-10-25(26)27/h5-8,11-12,14-15H,9-10,13H2,1-4H3. The number of nitrogens with zero attached hydrogens (tertiary/aromatic N) is 2. The molecule has 0 saturated carbocycles. The highest BCUT2D eigenvalue weighted by Gasteiger charge is 2.11. The van der Waals surface area contributed by atoms with Crippen molar-refractivity contribution in [3.8, 4) is 10.6 Å². The van der Waals surface area contributed by atoms with Gasteiger partial charge in [0.2, 0.25) is 6.54 Å². The predicted molar refractivity (Wildman–Crippen MR) is 116 cm³/mol. The van der Waals surface area contributed by atoms with Crippen molar-refractivity contribution >= 4 is 11.3 Å². The summed E-state index contributed by atoms with van der Waals surface area (Å²) in [6.07, 6.45) is 1.26. The molecule has 3 aromatic rings. The third kappa shape index (κ3) is 4.84. The molecule has 0 N–H and O–H groups in total. The first kappa shape index (κ1) is 20.2. The molecule has 0 saturated heterocycles. The fourth-order valence-electron chi connectivity index (χ4n) is 3.33. The van der Waals surface area contributed by atoms with Gasteiger partial charge in [-0.1, -0.05) is 50.2 Å². The second-order valence-electron chi connectivity index (χ2n) is 7.61. The maximum Gasteiger partial charge on any atom is 0.207 e. The molecule has 0 amide bonds. The average Bonchev–Trinajstić information content (AvgIpc) is 3.12. The van der Waals surface area contributed by atoms with Crippen molar-refractivity contribution in [1.29, 1.82) is 0 Å². The van der Waals surface area contributed by atoms with Crippen LogP contribution in [-0.4, -0.2) is 16.5 Å². The highest BCUT2D eigenvalue weighted by molar-refractivity contribution is 7.13. The lowest BCUT2D eigenvalue weighted by Gasteiger charge is -2.10. The number of hydrogen-bond acceptors (Lipinski definition) is 4. The summed E-state index contributed by atoms with van der Waals surface area (Å²) < 4.78 is 0. The van der Waals surface area contributed by atoms with Crippen LogP contribution in [0.2, 0.25) is 0 Å². The van der Waals surface area contributed by atoms with Crippen LogP contribution in [0, 0.1) is 24.0 Å². The molecule has 0 aliphatic carbocycles. The van der Waals surface area contributed by atoms with E-state index >= 15 is 0 Å². The molecular formula is C23H26N2O2S. The van der Waals surface area contributed by atoms with Crippen LogP contribution in [0.4, 0.5) is 0 Å². The quantitative estimate of drug-likeness (QED) is 0.367. The summed E-state index contributed by atoms with van der Waals surface area (Å²) in [5.41, 5.74) is 8.12. The zero-order valence-electron chi connectivity index (χ0n) is 16.9. The Balaban J connectivity index is 1.76. The fraction of sp³-hybridized carbons (Fsp3) is 0.348. The summed E-state index contributed by atoms with van der Waals surface area (Å²) in [4.78, 5) is 15.2. The second-order valence-corrected chi connectivity index (χ2v) is 8.47. The van der Waals surface area contributed by atoms with E-state index in [4.69, 9.17) is 4.98 Å². The Hall–Kier alpha value is -2.53. The van der Waals surface area contributed by atoms with Gasteiger partial charge >= 0.3 is 0 Å². The molecule has 28 heavy (non-hydrogen) atoms. The molecule has 0 atom stereocenters. The van der Waals surface area contributed by atoms with Gasteiger partial charge in [-0.15, -0.1) is 11.3 Å². The average molecular weight is 395 g/mol. The highest BCUT2D eigenvalue weighted by Crippen LogP contribution is 2.27. The van der Waals surface area contributed by atoms with Crippen molar-refractivity contribution in [2.45, 2.75) is 46.5 Å². The number of hydrogen-bond donors (Lipinski definition) is 0. The molecular weight excluding hydrogens is 368 g/mol. The van der Waals surface area contributed by atoms with Crippen LogP contribution in [0.1, 0.15) is 53.3 Å². The number of benzene rings is 2. The van der Waals surface area contributed by atoms with E-state index in [-0.39, 0.29) is 11.5 Å². The monoisotopic (exact) mass is 394 g/mol. The molecule has 3 rings (SSSR count). The lowest BCUT2D eigenvalue weighted by atomic mass is 9.96. The lowest BCUT2D eigenvalue weighted by molar-refractivity contribution is -0.479. The van der Waals surface area contributed by atoms with Gasteiger partial charge in [0.05, 0.1) is 5.69 Å². The summed E-state index contributed by atoms with van der Waals surface area (Å²) in [5.74, 6) is 0.528. The van der Waals surface area contributed by atoms with Crippen molar-refractivity contribution < 1.29 is 4.92 Å². The van der Waals surface area contributed by atoms with Crippen molar-refractivity contribution in [2.75, 3.05) is 6.54 Å². The van der Waals surface area contributed by atoms with E-state index in [0.717, 1.165) is 33.8 Å². The predicted octanol–water partition coefficient (Wildman–Crippen LogP) is 5.96. The molecule has 0 unspecified atom stereocenters. The van der Waals surface area contributed by atoms with Crippen LogP contribution in [0.3, 0.4) is 0 Å². The molecule has 1 heterocycles. The van der Waals surface area contributed by atoms with Crippen LogP contribution < -0.4 is 0 Å². The van der Waals surface area contributed by atoms with Gasteiger partial charge in [-0.25, -0.2) is 4.98 Å². The minimum absolute atomic E-state index is 0.0231. The van der Waals surface area contributed by atoms with E-state index in [2.05, 4.69) is 62.5 Å². The van der Waals surface area contributed by atoms with E-state index in [1.807, 2.05) is 6.92 Å². The van der Waals surface area contributed by atoms with Crippen LogP contribution in [-0.2, 0) is 12.8 Å². The zero-order valence-corrected chi connectivity index (χ0v) is 17.7. The fourth-order valence-corrected chi connectivity index (χ4v) is 4.16. The van der Waals surface area contributed by atoms with Gasteiger partial charge in [-0.3, -0.25) is 10.1 Å². The molecule has 0 bridgehead atoms. The highest BCUT2D eigenvalue weighted by atomic mass is 32.1. The largest absolute Gasteiger partial charge is 0.265 e. The third-order valence-corrected chi connectivity index (χ3v) is 6.05. The first-order valence-electron chi connectivity index (χ1n) is 9.59. The zero-order chi connectivity index (χ0) is 20.3. The van der Waals surface area contributed by atoms with Gasteiger partial charge in [0.1, 0.15) is 5.01 Å². The summed E-state index contributed by atoms with van der Waals surface area (Å²) in [6, 6.07) is 12.9. The van der Waals surface area contributed by atoms with Crippen molar-refractivity contribution in [3.63, 3.8) is 0 Å². The lowest BCUT2D eigenvalue weighted by Crippen LogP contribution is -2.06. The maximum atomic E-state index is 10.6. The summed E-state index contributed by atoms with van der Waals surface area (Å²) in [7, 11) is 0. The molecule has 5 heteroatoms.